The van der Waals surface area contributed by atoms with E-state index in [0.717, 1.165) is 29.2 Å². The van der Waals surface area contributed by atoms with E-state index in [1.807, 2.05) is 0 Å². The van der Waals surface area contributed by atoms with Crippen LogP contribution in [0.25, 0.3) is 5.69 Å². The van der Waals surface area contributed by atoms with Crippen molar-refractivity contribution in [3.63, 3.8) is 0 Å². The zero-order chi connectivity index (χ0) is 11.8. The van der Waals surface area contributed by atoms with Crippen LogP contribution in [0.1, 0.15) is 5.69 Å². The SMILES string of the molecule is Fc1cc(-n2ccc(C(F)(F)F)n2)ccn1. The highest BCUT2D eigenvalue weighted by molar-refractivity contribution is 5.28. The first-order valence-corrected chi connectivity index (χ1v) is 4.21. The van der Waals surface area contributed by atoms with E-state index in [9.17, 15) is 17.6 Å². The fourth-order valence-corrected chi connectivity index (χ4v) is 1.15. The van der Waals surface area contributed by atoms with E-state index in [1.165, 1.54) is 6.07 Å². The zero-order valence-electron chi connectivity index (χ0n) is 7.74. The summed E-state index contributed by atoms with van der Waals surface area (Å²) in [4.78, 5) is 3.29. The van der Waals surface area contributed by atoms with Crippen molar-refractivity contribution in [3.8, 4) is 5.69 Å². The number of rotatable bonds is 1. The molecule has 84 valence electrons. The van der Waals surface area contributed by atoms with Crippen LogP contribution < -0.4 is 0 Å². The summed E-state index contributed by atoms with van der Waals surface area (Å²) in [5.41, 5.74) is -0.840. The summed E-state index contributed by atoms with van der Waals surface area (Å²) < 4.78 is 50.4. The molecule has 0 bridgehead atoms. The van der Waals surface area contributed by atoms with Crippen molar-refractivity contribution < 1.29 is 17.6 Å². The topological polar surface area (TPSA) is 30.7 Å². The van der Waals surface area contributed by atoms with Gasteiger partial charge in [0.25, 0.3) is 0 Å². The van der Waals surface area contributed by atoms with Crippen LogP contribution in [-0.4, -0.2) is 14.8 Å². The van der Waals surface area contributed by atoms with Gasteiger partial charge in [0.15, 0.2) is 5.69 Å². The van der Waals surface area contributed by atoms with E-state index in [0.29, 0.717) is 0 Å². The van der Waals surface area contributed by atoms with E-state index in [4.69, 9.17) is 0 Å². The predicted molar refractivity (Wildman–Crippen MR) is 46.3 cm³/mol. The molecule has 0 aliphatic heterocycles. The molecule has 0 aliphatic carbocycles. The average Bonchev–Trinajstić information content (AvgIpc) is 2.65. The van der Waals surface area contributed by atoms with Crippen molar-refractivity contribution in [2.24, 2.45) is 0 Å². The highest BCUT2D eigenvalue weighted by atomic mass is 19.4. The van der Waals surface area contributed by atoms with Gasteiger partial charge in [-0.1, -0.05) is 0 Å². The second-order valence-electron chi connectivity index (χ2n) is 2.98. The van der Waals surface area contributed by atoms with Crippen molar-refractivity contribution in [3.05, 3.63) is 42.2 Å². The van der Waals surface area contributed by atoms with E-state index in [2.05, 4.69) is 10.1 Å². The summed E-state index contributed by atoms with van der Waals surface area (Å²) in [6.07, 6.45) is -2.24. The van der Waals surface area contributed by atoms with Crippen LogP contribution in [0.4, 0.5) is 17.6 Å². The molecule has 0 fully saturated rings. The fourth-order valence-electron chi connectivity index (χ4n) is 1.15. The van der Waals surface area contributed by atoms with Gasteiger partial charge >= 0.3 is 6.18 Å². The molecule has 2 rings (SSSR count). The van der Waals surface area contributed by atoms with Crippen LogP contribution in [-0.2, 0) is 6.18 Å². The molecule has 0 aromatic carbocycles. The molecule has 0 atom stereocenters. The molecule has 2 aromatic heterocycles. The normalized spacial score (nSPS) is 11.8. The molecule has 0 N–H and O–H groups in total. The van der Waals surface area contributed by atoms with Gasteiger partial charge in [-0.15, -0.1) is 0 Å². The van der Waals surface area contributed by atoms with Crippen LogP contribution in [0, 0.1) is 5.95 Å². The van der Waals surface area contributed by atoms with Crippen LogP contribution in [0.5, 0.6) is 0 Å². The lowest BCUT2D eigenvalue weighted by atomic mass is 10.4. The Balaban J connectivity index is 2.39. The number of pyridine rings is 1. The van der Waals surface area contributed by atoms with E-state index < -0.39 is 17.8 Å². The van der Waals surface area contributed by atoms with E-state index in [1.54, 1.807) is 0 Å². The van der Waals surface area contributed by atoms with Gasteiger partial charge in [0, 0.05) is 18.5 Å². The number of alkyl halides is 3. The maximum atomic E-state index is 12.7. The monoisotopic (exact) mass is 231 g/mol. The molecule has 0 spiro atoms. The van der Waals surface area contributed by atoms with Gasteiger partial charge in [0.05, 0.1) is 5.69 Å². The first-order chi connectivity index (χ1) is 7.47. The Kier molecular flexibility index (Phi) is 2.37. The second-order valence-corrected chi connectivity index (χ2v) is 2.98. The van der Waals surface area contributed by atoms with Gasteiger partial charge in [-0.05, 0) is 12.1 Å². The van der Waals surface area contributed by atoms with Crippen molar-refractivity contribution in [1.29, 1.82) is 0 Å². The van der Waals surface area contributed by atoms with Crippen LogP contribution in [0.15, 0.2) is 30.6 Å². The number of aromatic nitrogens is 3. The number of hydrogen-bond acceptors (Lipinski definition) is 2. The highest BCUT2D eigenvalue weighted by Gasteiger charge is 2.33. The molecule has 0 aliphatic rings. The summed E-state index contributed by atoms with van der Waals surface area (Å²) in [5, 5.41) is 3.29. The zero-order valence-corrected chi connectivity index (χ0v) is 7.74. The maximum Gasteiger partial charge on any atom is 0.435 e. The Hall–Kier alpha value is -1.92. The van der Waals surface area contributed by atoms with Crippen molar-refractivity contribution in [2.45, 2.75) is 6.18 Å². The molecular formula is C9H5F4N3. The summed E-state index contributed by atoms with van der Waals surface area (Å²) in [6, 6.07) is 3.17. The van der Waals surface area contributed by atoms with Crippen molar-refractivity contribution >= 4 is 0 Å². The molecule has 2 aromatic rings. The van der Waals surface area contributed by atoms with Crippen molar-refractivity contribution in [1.82, 2.24) is 14.8 Å². The molecule has 2 heterocycles. The Morgan fingerprint density at radius 2 is 1.94 bits per heavy atom. The minimum atomic E-state index is -4.50. The summed E-state index contributed by atoms with van der Waals surface area (Å²) in [5.74, 6) is -0.776. The van der Waals surface area contributed by atoms with Gasteiger partial charge in [0.2, 0.25) is 5.95 Å². The molecule has 0 saturated heterocycles. The Labute approximate surface area is 87.3 Å². The minimum Gasteiger partial charge on any atom is -0.240 e. The van der Waals surface area contributed by atoms with Gasteiger partial charge in [-0.3, -0.25) is 0 Å². The molecule has 16 heavy (non-hydrogen) atoms. The lowest BCUT2D eigenvalue weighted by Gasteiger charge is -2.02. The molecule has 0 unspecified atom stereocenters. The van der Waals surface area contributed by atoms with Gasteiger partial charge < -0.3 is 0 Å². The Morgan fingerprint density at radius 3 is 2.50 bits per heavy atom. The molecule has 3 nitrogen and oxygen atoms in total. The number of halogens is 4. The number of nitrogens with zero attached hydrogens (tertiary/aromatic N) is 3. The van der Waals surface area contributed by atoms with Gasteiger partial charge in [0.1, 0.15) is 0 Å². The second kappa shape index (κ2) is 3.58. The molecule has 7 heteroatoms. The smallest absolute Gasteiger partial charge is 0.240 e. The Morgan fingerprint density at radius 1 is 1.19 bits per heavy atom. The van der Waals surface area contributed by atoms with Gasteiger partial charge in [-0.2, -0.15) is 22.7 Å². The third-order valence-corrected chi connectivity index (χ3v) is 1.85. The summed E-state index contributed by atoms with van der Waals surface area (Å²) in [6.45, 7) is 0. The first-order valence-electron chi connectivity index (χ1n) is 4.21. The predicted octanol–water partition coefficient (Wildman–Crippen LogP) is 2.43. The lowest BCUT2D eigenvalue weighted by molar-refractivity contribution is -0.141. The molecule has 0 amide bonds. The lowest BCUT2D eigenvalue weighted by Crippen LogP contribution is -2.07. The maximum absolute atomic E-state index is 12.7. The van der Waals surface area contributed by atoms with E-state index >= 15 is 0 Å². The quantitative estimate of drug-likeness (QED) is 0.557. The molecule has 0 radical (unpaired) electrons. The number of hydrogen-bond donors (Lipinski definition) is 0. The largest absolute Gasteiger partial charge is 0.435 e. The standard InChI is InChI=1S/C9H5F4N3/c10-8-5-6(1-3-14-8)16-4-2-7(15-16)9(11,12)13/h1-5H. The van der Waals surface area contributed by atoms with Crippen molar-refractivity contribution in [2.75, 3.05) is 0 Å². The molecule has 0 saturated carbocycles. The Bertz CT molecular complexity index is 503. The van der Waals surface area contributed by atoms with E-state index in [-0.39, 0.29) is 5.69 Å². The first kappa shape index (κ1) is 10.6. The van der Waals surface area contributed by atoms with Crippen LogP contribution in [0.3, 0.4) is 0 Å². The fraction of sp³-hybridized carbons (Fsp3) is 0.111. The third kappa shape index (κ3) is 2.02. The van der Waals surface area contributed by atoms with Crippen LogP contribution >= 0.6 is 0 Å². The minimum absolute atomic E-state index is 0.183. The third-order valence-electron chi connectivity index (χ3n) is 1.85. The average molecular weight is 231 g/mol. The summed E-state index contributed by atoms with van der Waals surface area (Å²) >= 11 is 0. The summed E-state index contributed by atoms with van der Waals surface area (Å²) in [7, 11) is 0. The van der Waals surface area contributed by atoms with Gasteiger partial charge in [-0.25, -0.2) is 9.67 Å². The highest BCUT2D eigenvalue weighted by Crippen LogP contribution is 2.27. The molecular weight excluding hydrogens is 226 g/mol. The van der Waals surface area contributed by atoms with Crippen LogP contribution in [0.2, 0.25) is 0 Å².